The van der Waals surface area contributed by atoms with Crippen LogP contribution in [0.25, 0.3) is 0 Å². The minimum Gasteiger partial charge on any atom is -0.342 e. The summed E-state index contributed by atoms with van der Waals surface area (Å²) in [4.78, 5) is 14.0. The molecule has 0 atom stereocenters. The van der Waals surface area contributed by atoms with Gasteiger partial charge < -0.3 is 10.2 Å². The van der Waals surface area contributed by atoms with Crippen LogP contribution in [-0.2, 0) is 4.79 Å². The number of hydrogen-bond donors (Lipinski definition) is 1. The first-order valence-corrected chi connectivity index (χ1v) is 6.79. The molecule has 0 unspecified atom stereocenters. The maximum atomic E-state index is 12.0. The molecule has 0 spiro atoms. The van der Waals surface area contributed by atoms with Crippen molar-refractivity contribution in [3.63, 3.8) is 0 Å². The Morgan fingerprint density at radius 1 is 1.19 bits per heavy atom. The van der Waals surface area contributed by atoms with E-state index in [0.29, 0.717) is 12.6 Å². The highest BCUT2D eigenvalue weighted by Gasteiger charge is 2.22. The second kappa shape index (κ2) is 7.66. The Hall–Kier alpha value is -0.570. The lowest BCUT2D eigenvalue weighted by atomic mass is 10.2. The number of carbonyl (C=O) groups is 1. The van der Waals surface area contributed by atoms with E-state index in [1.54, 1.807) is 0 Å². The molecule has 1 aliphatic rings. The van der Waals surface area contributed by atoms with Gasteiger partial charge in [0, 0.05) is 19.1 Å². The van der Waals surface area contributed by atoms with E-state index in [0.717, 1.165) is 38.8 Å². The van der Waals surface area contributed by atoms with Crippen molar-refractivity contribution in [3.8, 4) is 0 Å². The van der Waals surface area contributed by atoms with Gasteiger partial charge in [-0.3, -0.25) is 4.79 Å². The van der Waals surface area contributed by atoms with Crippen molar-refractivity contribution in [1.29, 1.82) is 0 Å². The Bertz CT molecular complexity index is 194. The van der Waals surface area contributed by atoms with E-state index in [1.807, 2.05) is 4.90 Å². The van der Waals surface area contributed by atoms with Gasteiger partial charge in [0.25, 0.3) is 0 Å². The average molecular weight is 226 g/mol. The average Bonchev–Trinajstić information content (AvgIpc) is 3.10. The predicted octanol–water partition coefficient (Wildman–Crippen LogP) is 2.17. The van der Waals surface area contributed by atoms with E-state index in [2.05, 4.69) is 19.2 Å². The van der Waals surface area contributed by atoms with Gasteiger partial charge in [0.05, 0.1) is 6.54 Å². The summed E-state index contributed by atoms with van der Waals surface area (Å²) in [5.41, 5.74) is 0. The van der Waals surface area contributed by atoms with Crippen LogP contribution in [0.15, 0.2) is 0 Å². The quantitative estimate of drug-likeness (QED) is 0.653. The van der Waals surface area contributed by atoms with E-state index in [9.17, 15) is 4.79 Å². The summed E-state index contributed by atoms with van der Waals surface area (Å²) in [6.45, 7) is 6.75. The van der Waals surface area contributed by atoms with Crippen molar-refractivity contribution in [1.82, 2.24) is 10.2 Å². The molecule has 0 aliphatic heterocycles. The minimum atomic E-state index is 0.286. The fourth-order valence-electron chi connectivity index (χ4n) is 1.69. The van der Waals surface area contributed by atoms with Crippen molar-refractivity contribution in [2.24, 2.45) is 0 Å². The summed E-state index contributed by atoms with van der Waals surface area (Å²) in [6.07, 6.45) is 7.06. The van der Waals surface area contributed by atoms with Gasteiger partial charge in [-0.15, -0.1) is 0 Å². The van der Waals surface area contributed by atoms with E-state index in [1.165, 1.54) is 12.8 Å². The Kier molecular flexibility index (Phi) is 6.46. The summed E-state index contributed by atoms with van der Waals surface area (Å²) in [6, 6.07) is 0.628. The van der Waals surface area contributed by atoms with Crippen LogP contribution >= 0.6 is 0 Å². The summed E-state index contributed by atoms with van der Waals surface area (Å²) in [5, 5.41) is 3.30. The first-order valence-electron chi connectivity index (χ1n) is 6.79. The smallest absolute Gasteiger partial charge is 0.236 e. The van der Waals surface area contributed by atoms with E-state index < -0.39 is 0 Å². The Balaban J connectivity index is 2.22. The summed E-state index contributed by atoms with van der Waals surface area (Å²) < 4.78 is 0. The number of unbranched alkanes of at least 4 members (excludes halogenated alkanes) is 2. The first-order chi connectivity index (χ1) is 7.77. The van der Waals surface area contributed by atoms with E-state index in [-0.39, 0.29) is 5.91 Å². The van der Waals surface area contributed by atoms with Gasteiger partial charge in [0.1, 0.15) is 0 Å². The predicted molar refractivity (Wildman–Crippen MR) is 67.4 cm³/mol. The number of rotatable bonds is 9. The highest BCUT2D eigenvalue weighted by atomic mass is 16.2. The lowest BCUT2D eigenvalue weighted by Crippen LogP contribution is -2.39. The molecule has 3 heteroatoms. The molecular weight excluding hydrogens is 200 g/mol. The van der Waals surface area contributed by atoms with Gasteiger partial charge in [0.2, 0.25) is 5.91 Å². The molecule has 0 aromatic carbocycles. The zero-order chi connectivity index (χ0) is 11.8. The Morgan fingerprint density at radius 2 is 1.75 bits per heavy atom. The normalized spacial score (nSPS) is 15.1. The third kappa shape index (κ3) is 5.50. The molecule has 1 N–H and O–H groups in total. The van der Waals surface area contributed by atoms with Crippen molar-refractivity contribution in [2.75, 3.05) is 19.6 Å². The summed E-state index contributed by atoms with van der Waals surface area (Å²) in [7, 11) is 0. The van der Waals surface area contributed by atoms with Crippen LogP contribution < -0.4 is 5.32 Å². The SMILES string of the molecule is CCCCN(CCCC)C(=O)CNC1CC1. The number of hydrogen-bond acceptors (Lipinski definition) is 2. The number of nitrogens with one attached hydrogen (secondary N) is 1. The highest BCUT2D eigenvalue weighted by Crippen LogP contribution is 2.18. The third-order valence-corrected chi connectivity index (χ3v) is 3.04. The molecule has 3 nitrogen and oxygen atoms in total. The number of carbonyl (C=O) groups excluding carboxylic acids is 1. The molecule has 0 saturated heterocycles. The minimum absolute atomic E-state index is 0.286. The Labute approximate surface area is 99.6 Å². The van der Waals surface area contributed by atoms with Crippen molar-refractivity contribution in [3.05, 3.63) is 0 Å². The zero-order valence-corrected chi connectivity index (χ0v) is 10.8. The van der Waals surface area contributed by atoms with Crippen LogP contribution in [0.3, 0.4) is 0 Å². The summed E-state index contributed by atoms with van der Waals surface area (Å²) >= 11 is 0. The lowest BCUT2D eigenvalue weighted by molar-refractivity contribution is -0.130. The number of amides is 1. The molecule has 0 aromatic heterocycles. The van der Waals surface area contributed by atoms with Gasteiger partial charge in [-0.25, -0.2) is 0 Å². The maximum Gasteiger partial charge on any atom is 0.236 e. The van der Waals surface area contributed by atoms with Crippen LogP contribution in [0.2, 0.25) is 0 Å². The van der Waals surface area contributed by atoms with Crippen molar-refractivity contribution >= 4 is 5.91 Å². The molecular formula is C13H26N2O. The van der Waals surface area contributed by atoms with E-state index >= 15 is 0 Å². The van der Waals surface area contributed by atoms with Crippen LogP contribution in [-0.4, -0.2) is 36.5 Å². The maximum absolute atomic E-state index is 12.0. The van der Waals surface area contributed by atoms with Gasteiger partial charge in [-0.1, -0.05) is 26.7 Å². The standard InChI is InChI=1S/C13H26N2O/c1-3-5-9-15(10-6-4-2)13(16)11-14-12-7-8-12/h12,14H,3-11H2,1-2H3. The molecule has 1 aliphatic carbocycles. The second-order valence-electron chi connectivity index (χ2n) is 4.74. The molecule has 1 saturated carbocycles. The van der Waals surface area contributed by atoms with Crippen LogP contribution in [0.4, 0.5) is 0 Å². The monoisotopic (exact) mass is 226 g/mol. The van der Waals surface area contributed by atoms with Gasteiger partial charge in [-0.05, 0) is 25.7 Å². The Morgan fingerprint density at radius 3 is 2.19 bits per heavy atom. The molecule has 94 valence electrons. The number of nitrogens with zero attached hydrogens (tertiary/aromatic N) is 1. The lowest BCUT2D eigenvalue weighted by Gasteiger charge is -2.22. The second-order valence-corrected chi connectivity index (χ2v) is 4.74. The molecule has 0 bridgehead atoms. The van der Waals surface area contributed by atoms with Gasteiger partial charge in [-0.2, -0.15) is 0 Å². The van der Waals surface area contributed by atoms with Crippen LogP contribution in [0, 0.1) is 0 Å². The molecule has 1 fully saturated rings. The molecule has 0 radical (unpaired) electrons. The largest absolute Gasteiger partial charge is 0.342 e. The molecule has 1 amide bonds. The zero-order valence-electron chi connectivity index (χ0n) is 10.8. The topological polar surface area (TPSA) is 32.3 Å². The van der Waals surface area contributed by atoms with Crippen molar-refractivity contribution in [2.45, 2.75) is 58.4 Å². The molecule has 16 heavy (non-hydrogen) atoms. The molecule has 0 aromatic rings. The molecule has 1 rings (SSSR count). The van der Waals surface area contributed by atoms with E-state index in [4.69, 9.17) is 0 Å². The fraction of sp³-hybridized carbons (Fsp3) is 0.923. The van der Waals surface area contributed by atoms with Crippen molar-refractivity contribution < 1.29 is 4.79 Å². The molecule has 0 heterocycles. The third-order valence-electron chi connectivity index (χ3n) is 3.04. The fourth-order valence-corrected chi connectivity index (χ4v) is 1.69. The van der Waals surface area contributed by atoms with Gasteiger partial charge >= 0.3 is 0 Å². The van der Waals surface area contributed by atoms with Crippen LogP contribution in [0.5, 0.6) is 0 Å². The van der Waals surface area contributed by atoms with Gasteiger partial charge in [0.15, 0.2) is 0 Å². The summed E-state index contributed by atoms with van der Waals surface area (Å²) in [5.74, 6) is 0.286. The first kappa shape index (κ1) is 13.5. The highest BCUT2D eigenvalue weighted by molar-refractivity contribution is 5.78. The van der Waals surface area contributed by atoms with Crippen LogP contribution in [0.1, 0.15) is 52.4 Å².